The summed E-state index contributed by atoms with van der Waals surface area (Å²) < 4.78 is 5.36. The van der Waals surface area contributed by atoms with Crippen molar-refractivity contribution in [2.75, 3.05) is 30.9 Å². The second-order valence-electron chi connectivity index (χ2n) is 4.84. The molecule has 2 aromatic rings. The highest BCUT2D eigenvalue weighted by Crippen LogP contribution is 2.19. The van der Waals surface area contributed by atoms with E-state index in [0.717, 1.165) is 5.75 Å². The van der Waals surface area contributed by atoms with Gasteiger partial charge in [0.05, 0.1) is 6.61 Å². The van der Waals surface area contributed by atoms with E-state index < -0.39 is 0 Å². The Balaban J connectivity index is 2.15. The van der Waals surface area contributed by atoms with E-state index in [2.05, 4.69) is 10.3 Å². The van der Waals surface area contributed by atoms with Gasteiger partial charge in [-0.1, -0.05) is 11.6 Å². The molecule has 0 bridgehead atoms. The summed E-state index contributed by atoms with van der Waals surface area (Å²) in [6.45, 7) is 2.53. The minimum absolute atomic E-state index is 0.239. The van der Waals surface area contributed by atoms with Crippen molar-refractivity contribution in [2.24, 2.45) is 0 Å². The van der Waals surface area contributed by atoms with Crippen LogP contribution in [-0.2, 0) is 0 Å². The zero-order chi connectivity index (χ0) is 16.1. The number of nitrogens with one attached hydrogen (secondary N) is 1. The number of rotatable bonds is 5. The lowest BCUT2D eigenvalue weighted by Crippen LogP contribution is -2.15. The Kier molecular flexibility index (Phi) is 5.22. The Bertz CT molecular complexity index is 657. The van der Waals surface area contributed by atoms with Crippen molar-refractivity contribution in [1.29, 1.82) is 0 Å². The van der Waals surface area contributed by atoms with E-state index in [1.807, 2.05) is 33.2 Å². The predicted octanol–water partition coefficient (Wildman–Crippen LogP) is 3.45. The predicted molar refractivity (Wildman–Crippen MR) is 89.1 cm³/mol. The molecule has 116 valence electrons. The number of hydrogen-bond acceptors (Lipinski definition) is 4. The maximum absolute atomic E-state index is 12.3. The fourth-order valence-corrected chi connectivity index (χ4v) is 2.05. The third-order valence-electron chi connectivity index (χ3n) is 2.92. The first-order chi connectivity index (χ1) is 10.5. The number of anilines is 2. The Hall–Kier alpha value is -2.27. The topological polar surface area (TPSA) is 54.5 Å². The van der Waals surface area contributed by atoms with Crippen molar-refractivity contribution >= 4 is 29.0 Å². The number of carbonyl (C=O) groups excluding carboxylic acids is 1. The van der Waals surface area contributed by atoms with Gasteiger partial charge in [0.1, 0.15) is 16.7 Å². The molecule has 0 aliphatic rings. The molecular weight excluding hydrogens is 302 g/mol. The molecular formula is C16H18ClN3O2. The van der Waals surface area contributed by atoms with Crippen LogP contribution in [0.25, 0.3) is 0 Å². The molecule has 2 rings (SSSR count). The van der Waals surface area contributed by atoms with E-state index in [-0.39, 0.29) is 11.1 Å². The van der Waals surface area contributed by atoms with Gasteiger partial charge in [-0.05, 0) is 43.3 Å². The Morgan fingerprint density at radius 3 is 2.55 bits per heavy atom. The molecule has 0 radical (unpaired) electrons. The molecule has 1 N–H and O–H groups in total. The Morgan fingerprint density at radius 1 is 1.27 bits per heavy atom. The zero-order valence-corrected chi connectivity index (χ0v) is 13.5. The lowest BCUT2D eigenvalue weighted by molar-refractivity contribution is 0.102. The van der Waals surface area contributed by atoms with Gasteiger partial charge in [-0.2, -0.15) is 0 Å². The van der Waals surface area contributed by atoms with E-state index in [4.69, 9.17) is 16.3 Å². The molecule has 22 heavy (non-hydrogen) atoms. The summed E-state index contributed by atoms with van der Waals surface area (Å²) in [4.78, 5) is 18.2. The molecule has 0 atom stereocenters. The summed E-state index contributed by atoms with van der Waals surface area (Å²) in [7, 11) is 3.68. The van der Waals surface area contributed by atoms with Crippen molar-refractivity contribution in [3.63, 3.8) is 0 Å². The molecule has 0 fully saturated rings. The van der Waals surface area contributed by atoms with Crippen LogP contribution in [0.3, 0.4) is 0 Å². The van der Waals surface area contributed by atoms with Crippen LogP contribution in [0.2, 0.25) is 5.15 Å². The number of aromatic nitrogens is 1. The van der Waals surface area contributed by atoms with E-state index in [0.29, 0.717) is 23.7 Å². The minimum Gasteiger partial charge on any atom is -0.494 e. The first-order valence-corrected chi connectivity index (χ1v) is 7.26. The molecule has 0 aliphatic heterocycles. The lowest BCUT2D eigenvalue weighted by Gasteiger charge is -2.13. The molecule has 6 heteroatoms. The Labute approximate surface area is 134 Å². The average molecular weight is 320 g/mol. The first-order valence-electron chi connectivity index (χ1n) is 6.88. The quantitative estimate of drug-likeness (QED) is 0.858. The Morgan fingerprint density at radius 2 is 1.95 bits per heavy atom. The zero-order valence-electron chi connectivity index (χ0n) is 12.8. The first kappa shape index (κ1) is 16.1. The maximum atomic E-state index is 12.3. The van der Waals surface area contributed by atoms with Gasteiger partial charge in [-0.3, -0.25) is 4.79 Å². The second kappa shape index (κ2) is 7.13. The molecule has 0 aliphatic carbocycles. The highest BCUT2D eigenvalue weighted by molar-refractivity contribution is 6.30. The minimum atomic E-state index is -0.239. The number of halogens is 1. The molecule has 1 aromatic carbocycles. The van der Waals surface area contributed by atoms with Crippen molar-refractivity contribution in [3.8, 4) is 5.75 Å². The van der Waals surface area contributed by atoms with Gasteiger partial charge in [0.25, 0.3) is 5.91 Å². The number of ether oxygens (including phenoxy) is 1. The van der Waals surface area contributed by atoms with Crippen LogP contribution in [0.5, 0.6) is 5.75 Å². The number of nitrogens with zero attached hydrogens (tertiary/aromatic N) is 2. The number of amides is 1. The van der Waals surface area contributed by atoms with E-state index >= 15 is 0 Å². The number of benzene rings is 1. The molecule has 1 amide bonds. The van der Waals surface area contributed by atoms with Crippen molar-refractivity contribution < 1.29 is 9.53 Å². The molecule has 0 saturated carbocycles. The van der Waals surface area contributed by atoms with Crippen LogP contribution in [0.4, 0.5) is 11.5 Å². The van der Waals surface area contributed by atoms with Gasteiger partial charge in [0.15, 0.2) is 0 Å². The average Bonchev–Trinajstić information content (AvgIpc) is 2.49. The summed E-state index contributed by atoms with van der Waals surface area (Å²) in [5.41, 5.74) is 1.14. The third kappa shape index (κ3) is 4.11. The van der Waals surface area contributed by atoms with Crippen LogP contribution in [0.15, 0.2) is 36.4 Å². The van der Waals surface area contributed by atoms with Gasteiger partial charge < -0.3 is 15.0 Å². The second-order valence-corrected chi connectivity index (χ2v) is 5.23. The van der Waals surface area contributed by atoms with E-state index in [9.17, 15) is 4.79 Å². The van der Waals surface area contributed by atoms with Crippen LogP contribution in [0, 0.1) is 0 Å². The van der Waals surface area contributed by atoms with Gasteiger partial charge in [0.2, 0.25) is 0 Å². The third-order valence-corrected chi connectivity index (χ3v) is 3.12. The van der Waals surface area contributed by atoms with Crippen molar-refractivity contribution in [1.82, 2.24) is 4.98 Å². The lowest BCUT2D eigenvalue weighted by atomic mass is 10.2. The highest BCUT2D eigenvalue weighted by atomic mass is 35.5. The summed E-state index contributed by atoms with van der Waals surface area (Å²) >= 11 is 5.96. The maximum Gasteiger partial charge on any atom is 0.255 e. The van der Waals surface area contributed by atoms with Crippen LogP contribution >= 0.6 is 11.6 Å². The van der Waals surface area contributed by atoms with Crippen molar-refractivity contribution in [2.45, 2.75) is 6.92 Å². The molecule has 0 saturated heterocycles. The summed E-state index contributed by atoms with van der Waals surface area (Å²) in [5.74, 6) is 1.16. The number of carbonyl (C=O) groups is 1. The van der Waals surface area contributed by atoms with Crippen LogP contribution in [0.1, 0.15) is 17.3 Å². The molecule has 1 heterocycles. The summed E-state index contributed by atoms with van der Waals surface area (Å²) in [6, 6.07) is 10.4. The van der Waals surface area contributed by atoms with Gasteiger partial charge in [-0.15, -0.1) is 0 Å². The smallest absolute Gasteiger partial charge is 0.255 e. The normalized spacial score (nSPS) is 10.2. The van der Waals surface area contributed by atoms with Crippen LogP contribution < -0.4 is 15.0 Å². The molecule has 1 aromatic heterocycles. The summed E-state index contributed by atoms with van der Waals surface area (Å²) in [6.07, 6.45) is 0. The number of hydrogen-bond donors (Lipinski definition) is 1. The highest BCUT2D eigenvalue weighted by Gasteiger charge is 2.11. The monoisotopic (exact) mass is 319 g/mol. The van der Waals surface area contributed by atoms with E-state index in [1.165, 1.54) is 0 Å². The molecule has 0 spiro atoms. The summed E-state index contributed by atoms with van der Waals surface area (Å²) in [5, 5.41) is 3.10. The standard InChI is InChI=1S/C16H18ClN3O2/c1-4-22-13-7-5-12(6-8-13)18-16(21)11-9-14(17)19-15(10-11)20(2)3/h5-10H,4H2,1-3H3,(H,18,21). The fourth-order valence-electron chi connectivity index (χ4n) is 1.85. The SMILES string of the molecule is CCOc1ccc(NC(=O)c2cc(Cl)nc(N(C)C)c2)cc1. The van der Waals surface area contributed by atoms with E-state index in [1.54, 1.807) is 29.2 Å². The van der Waals surface area contributed by atoms with Crippen LogP contribution in [-0.4, -0.2) is 31.6 Å². The van der Waals surface area contributed by atoms with Gasteiger partial charge in [-0.25, -0.2) is 4.98 Å². The molecule has 5 nitrogen and oxygen atoms in total. The van der Waals surface area contributed by atoms with Crippen molar-refractivity contribution in [3.05, 3.63) is 47.1 Å². The fraction of sp³-hybridized carbons (Fsp3) is 0.250. The van der Waals surface area contributed by atoms with Gasteiger partial charge in [0, 0.05) is 25.3 Å². The largest absolute Gasteiger partial charge is 0.494 e. The van der Waals surface area contributed by atoms with Gasteiger partial charge >= 0.3 is 0 Å². The molecule has 0 unspecified atom stereocenters. The number of pyridine rings is 1.